The Kier molecular flexibility index (Phi) is 13.5. The molecule has 1 saturated carbocycles. The Labute approximate surface area is 295 Å². The molecule has 0 amide bonds. The number of unbranched alkanes of at least 4 members (excludes halogenated alkanes) is 1. The molecule has 1 aliphatic carbocycles. The fraction of sp³-hybridized carbons (Fsp3) is 0.341. The number of ether oxygens (including phenoxy) is 3. The average molecular weight is 701 g/mol. The van der Waals surface area contributed by atoms with E-state index in [2.05, 4.69) is 30.3 Å². The summed E-state index contributed by atoms with van der Waals surface area (Å²) in [5.74, 6) is -1.01. The molecule has 4 aromatic carbocycles. The number of carbonyl (C=O) groups is 1. The highest BCUT2D eigenvalue weighted by molar-refractivity contribution is 7.86. The zero-order valence-corrected chi connectivity index (χ0v) is 29.4. The highest BCUT2D eigenvalue weighted by atomic mass is 32.2. The maximum Gasteiger partial charge on any atom is 0.305 e. The first-order valence-corrected chi connectivity index (χ1v) is 18.4. The number of rotatable bonds is 17. The van der Waals surface area contributed by atoms with Gasteiger partial charge < -0.3 is 14.2 Å². The third-order valence-electron chi connectivity index (χ3n) is 9.10. The van der Waals surface area contributed by atoms with Crippen LogP contribution in [0.25, 0.3) is 11.1 Å². The number of hydrogen-bond acceptors (Lipinski definition) is 7. The van der Waals surface area contributed by atoms with Gasteiger partial charge in [0.1, 0.15) is 5.82 Å². The van der Waals surface area contributed by atoms with E-state index in [0.717, 1.165) is 27.8 Å². The molecule has 0 radical (unpaired) electrons. The fourth-order valence-electron chi connectivity index (χ4n) is 6.27. The quantitative estimate of drug-likeness (QED) is 0.0472. The smallest absolute Gasteiger partial charge is 0.305 e. The van der Waals surface area contributed by atoms with Crippen LogP contribution in [0.1, 0.15) is 48.8 Å². The lowest BCUT2D eigenvalue weighted by molar-refractivity contribution is -0.140. The highest BCUT2D eigenvalue weighted by Gasteiger charge is 2.46. The zero-order chi connectivity index (χ0) is 35.3. The van der Waals surface area contributed by atoms with Crippen molar-refractivity contribution >= 4 is 16.1 Å². The standard InChI is InChI=1S/C41H45FO7S/c1-30-14-24-36(25-15-30)50(44,45)49-40-26-39(48-28-32-16-20-34(21-17-32)33-10-6-5-7-11-33)37(12-8-3-4-9-13-41(43)46-2)38(40)29-47-27-31-18-22-35(42)23-19-31/h3,5-8,10-11,14-25,37-40H,4,9,12-13,26-29H2,1-2H3/b8-3-/t37-,38-,39+,40-/m1/s1. The van der Waals surface area contributed by atoms with Crippen LogP contribution in [0.4, 0.5) is 4.39 Å². The maximum atomic E-state index is 13.5. The predicted molar refractivity (Wildman–Crippen MR) is 191 cm³/mol. The molecular weight excluding hydrogens is 656 g/mol. The van der Waals surface area contributed by atoms with Gasteiger partial charge in [0.05, 0.1) is 44.0 Å². The Balaban J connectivity index is 1.35. The van der Waals surface area contributed by atoms with Gasteiger partial charge in [0.15, 0.2) is 0 Å². The molecule has 0 spiro atoms. The van der Waals surface area contributed by atoms with Crippen LogP contribution in [-0.2, 0) is 46.5 Å². The minimum Gasteiger partial charge on any atom is -0.469 e. The molecule has 7 nitrogen and oxygen atoms in total. The SMILES string of the molecule is COC(=O)CCC/C=C\C[C@@H]1[C@@H](COCc2ccc(F)cc2)[C@H](OS(=O)(=O)c2ccc(C)cc2)C[C@@H]1OCc1ccc(-c2ccccc2)cc1. The number of halogens is 1. The molecule has 0 aliphatic heterocycles. The minimum absolute atomic E-state index is 0.0963. The van der Waals surface area contributed by atoms with Crippen LogP contribution in [0, 0.1) is 24.6 Å². The van der Waals surface area contributed by atoms with Gasteiger partial charge >= 0.3 is 5.97 Å². The zero-order valence-electron chi connectivity index (χ0n) is 28.6. The first-order valence-electron chi connectivity index (χ1n) is 17.0. The molecule has 0 bridgehead atoms. The van der Waals surface area contributed by atoms with Gasteiger partial charge in [0.25, 0.3) is 10.1 Å². The summed E-state index contributed by atoms with van der Waals surface area (Å²) in [5, 5.41) is 0. The van der Waals surface area contributed by atoms with Crippen LogP contribution < -0.4 is 0 Å². The number of methoxy groups -OCH3 is 1. The lowest BCUT2D eigenvalue weighted by Crippen LogP contribution is -2.30. The predicted octanol–water partition coefficient (Wildman–Crippen LogP) is 8.60. The second kappa shape index (κ2) is 18.2. The summed E-state index contributed by atoms with van der Waals surface area (Å²) in [7, 11) is -2.70. The van der Waals surface area contributed by atoms with Crippen LogP contribution in [0.2, 0.25) is 0 Å². The van der Waals surface area contributed by atoms with Gasteiger partial charge in [-0.05, 0) is 78.6 Å². The van der Waals surface area contributed by atoms with Gasteiger partial charge in [-0.15, -0.1) is 0 Å². The van der Waals surface area contributed by atoms with Crippen LogP contribution in [0.5, 0.6) is 0 Å². The van der Waals surface area contributed by atoms with Crippen molar-refractivity contribution in [3.63, 3.8) is 0 Å². The van der Waals surface area contributed by atoms with Crippen LogP contribution >= 0.6 is 0 Å². The normalized spacial score (nSPS) is 19.2. The first kappa shape index (κ1) is 37.1. The van der Waals surface area contributed by atoms with E-state index in [1.807, 2.05) is 43.3 Å². The molecule has 5 rings (SSSR count). The van der Waals surface area contributed by atoms with E-state index in [1.54, 1.807) is 36.4 Å². The molecule has 0 saturated heterocycles. The number of benzene rings is 4. The van der Waals surface area contributed by atoms with E-state index < -0.39 is 16.2 Å². The summed E-state index contributed by atoms with van der Waals surface area (Å²) in [6.45, 7) is 2.70. The molecule has 0 N–H and O–H groups in total. The number of esters is 1. The van der Waals surface area contributed by atoms with Gasteiger partial charge in [-0.3, -0.25) is 8.98 Å². The number of allylic oxidation sites excluding steroid dienone is 2. The Morgan fingerprint density at radius 1 is 0.800 bits per heavy atom. The molecule has 1 fully saturated rings. The molecule has 9 heteroatoms. The number of carbonyl (C=O) groups excluding carboxylic acids is 1. The summed E-state index contributed by atoms with van der Waals surface area (Å²) >= 11 is 0. The summed E-state index contributed by atoms with van der Waals surface area (Å²) in [5.41, 5.74) is 5.00. The summed E-state index contributed by atoms with van der Waals surface area (Å²) in [4.78, 5) is 11.6. The Bertz CT molecular complexity index is 1770. The monoisotopic (exact) mass is 700 g/mol. The molecule has 0 aromatic heterocycles. The van der Waals surface area contributed by atoms with Crippen LogP contribution in [0.15, 0.2) is 120 Å². The lowest BCUT2D eigenvalue weighted by Gasteiger charge is -2.26. The van der Waals surface area contributed by atoms with E-state index in [0.29, 0.717) is 38.7 Å². The van der Waals surface area contributed by atoms with Crippen molar-refractivity contribution in [3.05, 3.63) is 138 Å². The Hall–Kier alpha value is -4.15. The van der Waals surface area contributed by atoms with Gasteiger partial charge in [0.2, 0.25) is 0 Å². The van der Waals surface area contributed by atoms with Gasteiger partial charge in [-0.25, -0.2) is 4.39 Å². The van der Waals surface area contributed by atoms with E-state index in [9.17, 15) is 17.6 Å². The van der Waals surface area contributed by atoms with E-state index in [-0.39, 0.29) is 47.8 Å². The average Bonchev–Trinajstić information content (AvgIpc) is 3.44. The summed E-state index contributed by atoms with van der Waals surface area (Å²) in [6, 6.07) is 31.1. The van der Waals surface area contributed by atoms with Crippen LogP contribution in [-0.4, -0.2) is 40.3 Å². The second-order valence-corrected chi connectivity index (χ2v) is 14.3. The van der Waals surface area contributed by atoms with E-state index in [4.69, 9.17) is 18.4 Å². The molecule has 264 valence electrons. The first-order chi connectivity index (χ1) is 24.2. The third-order valence-corrected chi connectivity index (χ3v) is 10.5. The largest absolute Gasteiger partial charge is 0.469 e. The Morgan fingerprint density at radius 3 is 2.16 bits per heavy atom. The lowest BCUT2D eigenvalue weighted by atomic mass is 9.90. The van der Waals surface area contributed by atoms with Crippen molar-refractivity contribution < 1.29 is 36.0 Å². The summed E-state index contributed by atoms with van der Waals surface area (Å²) < 4.78 is 64.1. The molecule has 4 atom stereocenters. The summed E-state index contributed by atoms with van der Waals surface area (Å²) in [6.07, 6.45) is 5.76. The molecule has 0 heterocycles. The maximum absolute atomic E-state index is 13.5. The molecule has 1 aliphatic rings. The van der Waals surface area contributed by atoms with Crippen molar-refractivity contribution in [1.29, 1.82) is 0 Å². The topological polar surface area (TPSA) is 88.1 Å². The molecular formula is C41H45FO7S. The van der Waals surface area contributed by atoms with Crippen molar-refractivity contribution in [2.24, 2.45) is 11.8 Å². The van der Waals surface area contributed by atoms with Gasteiger partial charge in [-0.1, -0.05) is 96.6 Å². The van der Waals surface area contributed by atoms with Gasteiger partial charge in [-0.2, -0.15) is 8.42 Å². The molecule has 50 heavy (non-hydrogen) atoms. The fourth-order valence-corrected chi connectivity index (χ4v) is 7.40. The second-order valence-electron chi connectivity index (χ2n) is 12.7. The highest BCUT2D eigenvalue weighted by Crippen LogP contribution is 2.41. The van der Waals surface area contributed by atoms with Crippen molar-refractivity contribution in [1.82, 2.24) is 0 Å². The van der Waals surface area contributed by atoms with Crippen molar-refractivity contribution in [2.45, 2.75) is 69.3 Å². The molecule has 4 aromatic rings. The number of hydrogen-bond donors (Lipinski definition) is 0. The van der Waals surface area contributed by atoms with Gasteiger partial charge in [0, 0.05) is 18.8 Å². The van der Waals surface area contributed by atoms with Crippen LogP contribution in [0.3, 0.4) is 0 Å². The van der Waals surface area contributed by atoms with E-state index >= 15 is 0 Å². The van der Waals surface area contributed by atoms with Crippen molar-refractivity contribution in [3.8, 4) is 11.1 Å². The minimum atomic E-state index is -4.08. The molecule has 0 unspecified atom stereocenters. The number of aryl methyl sites for hydroxylation is 1. The third kappa shape index (κ3) is 10.7. The van der Waals surface area contributed by atoms with E-state index in [1.165, 1.54) is 19.2 Å². The Morgan fingerprint density at radius 2 is 1.46 bits per heavy atom. The van der Waals surface area contributed by atoms with Crippen molar-refractivity contribution in [2.75, 3.05) is 13.7 Å².